The first-order chi connectivity index (χ1) is 19.8. The highest BCUT2D eigenvalue weighted by Crippen LogP contribution is 2.25. The molecular formula is C33H63NO7. The monoisotopic (exact) mass is 585 g/mol. The Labute approximate surface area is 250 Å². The van der Waals surface area contributed by atoms with Crippen LogP contribution in [0, 0.1) is 0 Å². The Bertz CT molecular complexity index is 659. The van der Waals surface area contributed by atoms with Gasteiger partial charge in [-0.25, -0.2) is 0 Å². The maximum Gasteiger partial charge on any atom is 0.220 e. The molecule has 1 amide bonds. The zero-order valence-corrected chi connectivity index (χ0v) is 26.1. The third-order valence-electron chi connectivity index (χ3n) is 8.33. The number of nitrogens with one attached hydrogen (secondary N) is 1. The van der Waals surface area contributed by atoms with Gasteiger partial charge in [0.15, 0.2) is 0 Å². The Hall–Kier alpha value is -1.03. The topological polar surface area (TPSA) is 139 Å². The minimum absolute atomic E-state index is 0.113. The van der Waals surface area contributed by atoms with Gasteiger partial charge in [0, 0.05) is 6.42 Å². The predicted octanol–water partition coefficient (Wildman–Crippen LogP) is 5.07. The Balaban J connectivity index is 2.50. The van der Waals surface area contributed by atoms with Crippen LogP contribution < -0.4 is 5.32 Å². The molecule has 7 atom stereocenters. The van der Waals surface area contributed by atoms with Crippen LogP contribution in [0.1, 0.15) is 142 Å². The zero-order chi connectivity index (χ0) is 30.3. The van der Waals surface area contributed by atoms with Crippen molar-refractivity contribution in [2.24, 2.45) is 0 Å². The first-order valence-electron chi connectivity index (χ1n) is 16.8. The van der Waals surface area contributed by atoms with Gasteiger partial charge < -0.3 is 35.6 Å². The molecule has 0 spiro atoms. The number of carbonyl (C=O) groups excluding carboxylic acids is 1. The predicted molar refractivity (Wildman–Crippen MR) is 165 cm³/mol. The summed E-state index contributed by atoms with van der Waals surface area (Å²) in [5, 5.41) is 53.9. The molecule has 1 aliphatic rings. The molecular weight excluding hydrogens is 522 g/mol. The van der Waals surface area contributed by atoms with Crippen molar-refractivity contribution in [2.75, 3.05) is 6.61 Å². The Morgan fingerprint density at radius 1 is 0.756 bits per heavy atom. The molecule has 8 heteroatoms. The number of carbonyl (C=O) groups is 1. The van der Waals surface area contributed by atoms with E-state index in [4.69, 9.17) is 4.74 Å². The molecule has 0 aromatic rings. The minimum Gasteiger partial charge on any atom is -0.394 e. The second kappa shape index (κ2) is 24.4. The van der Waals surface area contributed by atoms with Crippen LogP contribution in [0.2, 0.25) is 0 Å². The first-order valence-corrected chi connectivity index (χ1v) is 16.8. The van der Waals surface area contributed by atoms with Crippen LogP contribution in [0.4, 0.5) is 0 Å². The Morgan fingerprint density at radius 2 is 1.27 bits per heavy atom. The number of aliphatic hydroxyl groups is 5. The van der Waals surface area contributed by atoms with Gasteiger partial charge in [-0.15, -0.1) is 0 Å². The molecule has 0 saturated carbocycles. The molecule has 6 N–H and O–H groups in total. The number of hydrogen-bond donors (Lipinski definition) is 6. The largest absolute Gasteiger partial charge is 0.394 e. The molecule has 1 fully saturated rings. The molecule has 41 heavy (non-hydrogen) atoms. The van der Waals surface area contributed by atoms with E-state index >= 15 is 0 Å². The normalized spacial score (nSPS) is 24.5. The molecule has 2 unspecified atom stereocenters. The molecule has 0 aliphatic carbocycles. The fourth-order valence-corrected chi connectivity index (χ4v) is 5.55. The molecule has 1 aliphatic heterocycles. The number of unbranched alkanes of at least 4 members (excludes halogenated alkanes) is 15. The number of ether oxygens (including phenoxy) is 1. The van der Waals surface area contributed by atoms with Gasteiger partial charge in [-0.2, -0.15) is 0 Å². The number of amides is 1. The van der Waals surface area contributed by atoms with E-state index in [1.807, 2.05) is 6.08 Å². The summed E-state index contributed by atoms with van der Waals surface area (Å²) < 4.78 is 5.63. The SMILES string of the molecule is CCCCCCCCCCCCC/C=C/C(O)C(CC[C@H]1O[C@@H](CO)[C@@H](O)[C@@H](O)[C@@H]1O)NC(=O)CCCCCCC. The lowest BCUT2D eigenvalue weighted by atomic mass is 9.91. The van der Waals surface area contributed by atoms with Crippen LogP contribution in [0.3, 0.4) is 0 Å². The standard InChI is InChI=1S/C33H63NO7/c1-3-5-7-9-10-11-12-13-14-15-16-18-19-21-27(36)26(34-30(37)22-20-17-8-6-4-2)23-24-28-31(38)33(40)32(39)29(25-35)41-28/h19,21,26-29,31-33,35-36,38-40H,3-18,20,22-25H2,1-2H3,(H,34,37)/b21-19+/t26?,27?,28-,29+,31-,32-,33+/m1/s1. The molecule has 8 nitrogen and oxygen atoms in total. The first kappa shape index (κ1) is 38.0. The van der Waals surface area contributed by atoms with Crippen LogP contribution in [0.15, 0.2) is 12.2 Å². The summed E-state index contributed by atoms with van der Waals surface area (Å²) in [6.07, 6.45) is 18.1. The average Bonchev–Trinajstić information content (AvgIpc) is 2.97. The lowest BCUT2D eigenvalue weighted by Crippen LogP contribution is -2.58. The second-order valence-electron chi connectivity index (χ2n) is 12.0. The van der Waals surface area contributed by atoms with Gasteiger partial charge >= 0.3 is 0 Å². The van der Waals surface area contributed by atoms with Crippen molar-refractivity contribution in [3.05, 3.63) is 12.2 Å². The summed E-state index contributed by atoms with van der Waals surface area (Å²) in [6, 6.07) is -0.570. The summed E-state index contributed by atoms with van der Waals surface area (Å²) in [4.78, 5) is 12.7. The van der Waals surface area contributed by atoms with E-state index in [9.17, 15) is 30.3 Å². The van der Waals surface area contributed by atoms with E-state index in [1.165, 1.54) is 64.2 Å². The Kier molecular flexibility index (Phi) is 22.6. The maximum atomic E-state index is 12.7. The summed E-state index contributed by atoms with van der Waals surface area (Å²) in [6.45, 7) is 3.92. The highest BCUT2D eigenvalue weighted by Gasteiger charge is 2.43. The van der Waals surface area contributed by atoms with Gasteiger partial charge in [0.25, 0.3) is 0 Å². The van der Waals surface area contributed by atoms with E-state index in [0.29, 0.717) is 12.8 Å². The quantitative estimate of drug-likeness (QED) is 0.0649. The lowest BCUT2D eigenvalue weighted by molar-refractivity contribution is -0.230. The van der Waals surface area contributed by atoms with E-state index < -0.39 is 49.3 Å². The molecule has 0 radical (unpaired) electrons. The van der Waals surface area contributed by atoms with Crippen molar-refractivity contribution in [3.63, 3.8) is 0 Å². The van der Waals surface area contributed by atoms with Crippen LogP contribution in [-0.2, 0) is 9.53 Å². The molecule has 0 bridgehead atoms. The molecule has 1 heterocycles. The van der Waals surface area contributed by atoms with Gasteiger partial charge in [0.05, 0.1) is 24.9 Å². The molecule has 0 aromatic heterocycles. The van der Waals surface area contributed by atoms with E-state index in [0.717, 1.165) is 44.9 Å². The van der Waals surface area contributed by atoms with E-state index in [2.05, 4.69) is 19.2 Å². The van der Waals surface area contributed by atoms with Crippen LogP contribution >= 0.6 is 0 Å². The zero-order valence-electron chi connectivity index (χ0n) is 26.1. The summed E-state index contributed by atoms with van der Waals surface area (Å²) in [5.74, 6) is -0.113. The van der Waals surface area contributed by atoms with Crippen molar-refractivity contribution >= 4 is 5.91 Å². The molecule has 1 rings (SSSR count). The van der Waals surface area contributed by atoms with Crippen LogP contribution in [-0.4, -0.2) is 80.7 Å². The maximum absolute atomic E-state index is 12.7. The molecule has 1 saturated heterocycles. The molecule has 0 aromatic carbocycles. The van der Waals surface area contributed by atoms with Gasteiger partial charge in [0.2, 0.25) is 5.91 Å². The Morgan fingerprint density at radius 3 is 1.83 bits per heavy atom. The highest BCUT2D eigenvalue weighted by atomic mass is 16.5. The van der Waals surface area contributed by atoms with Crippen molar-refractivity contribution in [1.82, 2.24) is 5.32 Å². The fourth-order valence-electron chi connectivity index (χ4n) is 5.55. The number of hydrogen-bond acceptors (Lipinski definition) is 7. The molecule has 242 valence electrons. The highest BCUT2D eigenvalue weighted by molar-refractivity contribution is 5.76. The fraction of sp³-hybridized carbons (Fsp3) is 0.909. The summed E-state index contributed by atoms with van der Waals surface area (Å²) >= 11 is 0. The van der Waals surface area contributed by atoms with Crippen LogP contribution in [0.5, 0.6) is 0 Å². The lowest BCUT2D eigenvalue weighted by Gasteiger charge is -2.40. The summed E-state index contributed by atoms with van der Waals surface area (Å²) in [5.41, 5.74) is 0. The third kappa shape index (κ3) is 17.0. The van der Waals surface area contributed by atoms with Crippen molar-refractivity contribution in [1.29, 1.82) is 0 Å². The smallest absolute Gasteiger partial charge is 0.220 e. The van der Waals surface area contributed by atoms with Crippen LogP contribution in [0.25, 0.3) is 0 Å². The van der Waals surface area contributed by atoms with Gasteiger partial charge in [-0.3, -0.25) is 4.79 Å². The van der Waals surface area contributed by atoms with E-state index in [-0.39, 0.29) is 12.3 Å². The number of allylic oxidation sites excluding steroid dienone is 1. The second-order valence-corrected chi connectivity index (χ2v) is 12.0. The van der Waals surface area contributed by atoms with Crippen molar-refractivity contribution in [2.45, 2.75) is 185 Å². The van der Waals surface area contributed by atoms with Crippen molar-refractivity contribution in [3.8, 4) is 0 Å². The van der Waals surface area contributed by atoms with Crippen molar-refractivity contribution < 1.29 is 35.1 Å². The average molecular weight is 586 g/mol. The van der Waals surface area contributed by atoms with Gasteiger partial charge in [-0.05, 0) is 32.1 Å². The van der Waals surface area contributed by atoms with E-state index in [1.54, 1.807) is 6.08 Å². The number of aliphatic hydroxyl groups excluding tert-OH is 5. The van der Waals surface area contributed by atoms with Gasteiger partial charge in [0.1, 0.15) is 24.4 Å². The van der Waals surface area contributed by atoms with Gasteiger partial charge in [-0.1, -0.05) is 116 Å². The third-order valence-corrected chi connectivity index (χ3v) is 8.33. The summed E-state index contributed by atoms with van der Waals surface area (Å²) in [7, 11) is 0. The minimum atomic E-state index is -1.43. The number of rotatable bonds is 25.